The van der Waals surface area contributed by atoms with E-state index in [2.05, 4.69) is 62.5 Å². The van der Waals surface area contributed by atoms with Gasteiger partial charge in [-0.05, 0) is 47.7 Å². The maximum Gasteiger partial charge on any atom is 0.0511 e. The van der Waals surface area contributed by atoms with Gasteiger partial charge in [-0.3, -0.25) is 0 Å². The number of hydrogen-bond acceptors (Lipinski definition) is 1. The van der Waals surface area contributed by atoms with Gasteiger partial charge in [0.2, 0.25) is 0 Å². The first-order valence-electron chi connectivity index (χ1n) is 7.22. The molecule has 0 aliphatic carbocycles. The van der Waals surface area contributed by atoms with Gasteiger partial charge in [-0.1, -0.05) is 56.6 Å². The summed E-state index contributed by atoms with van der Waals surface area (Å²) in [5.41, 5.74) is 3.80. The third-order valence-electron chi connectivity index (χ3n) is 3.60. The molecule has 0 radical (unpaired) electrons. The van der Waals surface area contributed by atoms with Crippen molar-refractivity contribution >= 4 is 17.3 Å². The second-order valence-corrected chi connectivity index (χ2v) is 5.87. The number of benzene rings is 2. The highest BCUT2D eigenvalue weighted by molar-refractivity contribution is 6.30. The van der Waals surface area contributed by atoms with Gasteiger partial charge in [0.25, 0.3) is 0 Å². The number of hydrogen-bond donors (Lipinski definition) is 1. The van der Waals surface area contributed by atoms with Gasteiger partial charge < -0.3 is 5.32 Å². The molecule has 2 heteroatoms. The monoisotopic (exact) mass is 287 g/mol. The average molecular weight is 288 g/mol. The third kappa shape index (κ3) is 3.77. The van der Waals surface area contributed by atoms with Gasteiger partial charge in [-0.25, -0.2) is 0 Å². The van der Waals surface area contributed by atoms with Crippen molar-refractivity contribution < 1.29 is 0 Å². The van der Waals surface area contributed by atoms with E-state index in [0.29, 0.717) is 12.0 Å². The van der Waals surface area contributed by atoms with E-state index in [-0.39, 0.29) is 0 Å². The van der Waals surface area contributed by atoms with E-state index in [9.17, 15) is 0 Å². The molecule has 1 unspecified atom stereocenters. The molecule has 2 aromatic rings. The summed E-state index contributed by atoms with van der Waals surface area (Å²) in [6.07, 6.45) is 1.04. The van der Waals surface area contributed by atoms with E-state index in [0.717, 1.165) is 17.1 Å². The van der Waals surface area contributed by atoms with Crippen LogP contribution in [0, 0.1) is 0 Å². The van der Waals surface area contributed by atoms with Gasteiger partial charge in [-0.15, -0.1) is 0 Å². The summed E-state index contributed by atoms with van der Waals surface area (Å²) < 4.78 is 0. The Morgan fingerprint density at radius 1 is 0.900 bits per heavy atom. The summed E-state index contributed by atoms with van der Waals surface area (Å²) in [7, 11) is 0. The fraction of sp³-hybridized carbons (Fsp3) is 0.333. The normalized spacial score (nSPS) is 12.4. The van der Waals surface area contributed by atoms with Crippen molar-refractivity contribution in [3.05, 3.63) is 64.7 Å². The molecule has 20 heavy (non-hydrogen) atoms. The van der Waals surface area contributed by atoms with E-state index in [1.54, 1.807) is 0 Å². The summed E-state index contributed by atoms with van der Waals surface area (Å²) in [6.45, 7) is 6.62. The van der Waals surface area contributed by atoms with Crippen LogP contribution >= 0.6 is 11.6 Å². The van der Waals surface area contributed by atoms with Gasteiger partial charge in [0, 0.05) is 10.7 Å². The largest absolute Gasteiger partial charge is 0.378 e. The smallest absolute Gasteiger partial charge is 0.0511 e. The second-order valence-electron chi connectivity index (χ2n) is 5.43. The molecule has 1 N–H and O–H groups in total. The SMILES string of the molecule is CCC(Nc1ccc(C(C)C)cc1)c1ccc(Cl)cc1. The predicted molar refractivity (Wildman–Crippen MR) is 88.6 cm³/mol. The summed E-state index contributed by atoms with van der Waals surface area (Å²) in [4.78, 5) is 0. The van der Waals surface area contributed by atoms with Crippen LogP contribution < -0.4 is 5.32 Å². The topological polar surface area (TPSA) is 12.0 Å². The van der Waals surface area contributed by atoms with Crippen molar-refractivity contribution in [2.45, 2.75) is 39.2 Å². The van der Waals surface area contributed by atoms with Crippen molar-refractivity contribution in [2.75, 3.05) is 5.32 Å². The van der Waals surface area contributed by atoms with Crippen molar-refractivity contribution in [3.8, 4) is 0 Å². The zero-order valence-corrected chi connectivity index (χ0v) is 13.1. The third-order valence-corrected chi connectivity index (χ3v) is 3.85. The Morgan fingerprint density at radius 3 is 1.95 bits per heavy atom. The Bertz CT molecular complexity index is 528. The van der Waals surface area contributed by atoms with E-state index in [1.165, 1.54) is 11.1 Å². The van der Waals surface area contributed by atoms with E-state index >= 15 is 0 Å². The van der Waals surface area contributed by atoms with Crippen molar-refractivity contribution in [1.29, 1.82) is 0 Å². The average Bonchev–Trinajstić information content (AvgIpc) is 2.46. The zero-order chi connectivity index (χ0) is 14.5. The van der Waals surface area contributed by atoms with Crippen LogP contribution in [-0.4, -0.2) is 0 Å². The second kappa shape index (κ2) is 6.81. The minimum atomic E-state index is 0.317. The Hall–Kier alpha value is -1.47. The molecule has 0 spiro atoms. The fourth-order valence-electron chi connectivity index (χ4n) is 2.28. The Balaban J connectivity index is 2.11. The van der Waals surface area contributed by atoms with Crippen LogP contribution in [0.25, 0.3) is 0 Å². The number of rotatable bonds is 5. The molecule has 0 bridgehead atoms. The van der Waals surface area contributed by atoms with Gasteiger partial charge in [0.15, 0.2) is 0 Å². The molecule has 2 rings (SSSR count). The van der Waals surface area contributed by atoms with Gasteiger partial charge >= 0.3 is 0 Å². The van der Waals surface area contributed by atoms with Crippen molar-refractivity contribution in [2.24, 2.45) is 0 Å². The molecule has 0 fully saturated rings. The minimum Gasteiger partial charge on any atom is -0.378 e. The molecule has 0 amide bonds. The lowest BCUT2D eigenvalue weighted by Gasteiger charge is -2.19. The molecule has 0 aliphatic heterocycles. The van der Waals surface area contributed by atoms with Gasteiger partial charge in [0.1, 0.15) is 0 Å². The first kappa shape index (κ1) is 14.9. The highest BCUT2D eigenvalue weighted by Gasteiger charge is 2.09. The summed E-state index contributed by atoms with van der Waals surface area (Å²) in [5, 5.41) is 4.37. The maximum atomic E-state index is 5.95. The van der Waals surface area contributed by atoms with Gasteiger partial charge in [-0.2, -0.15) is 0 Å². The van der Waals surface area contributed by atoms with Crippen LogP contribution in [0.3, 0.4) is 0 Å². The Kier molecular flexibility index (Phi) is 5.08. The summed E-state index contributed by atoms with van der Waals surface area (Å²) in [6, 6.07) is 17.1. The molecule has 0 aromatic heterocycles. The van der Waals surface area contributed by atoms with Crippen LogP contribution in [-0.2, 0) is 0 Å². The highest BCUT2D eigenvalue weighted by atomic mass is 35.5. The molecule has 0 heterocycles. The number of anilines is 1. The van der Waals surface area contributed by atoms with Crippen molar-refractivity contribution in [3.63, 3.8) is 0 Å². The highest BCUT2D eigenvalue weighted by Crippen LogP contribution is 2.25. The summed E-state index contributed by atoms with van der Waals surface area (Å²) >= 11 is 5.95. The first-order valence-corrected chi connectivity index (χ1v) is 7.60. The summed E-state index contributed by atoms with van der Waals surface area (Å²) in [5.74, 6) is 0.572. The van der Waals surface area contributed by atoms with Crippen LogP contribution in [0.4, 0.5) is 5.69 Å². The number of nitrogens with one attached hydrogen (secondary N) is 1. The Labute approximate surface area is 127 Å². The van der Waals surface area contributed by atoms with Crippen LogP contribution in [0.2, 0.25) is 5.02 Å². The maximum absolute atomic E-state index is 5.95. The molecular formula is C18H22ClN. The van der Waals surface area contributed by atoms with Crippen LogP contribution in [0.15, 0.2) is 48.5 Å². The minimum absolute atomic E-state index is 0.317. The Morgan fingerprint density at radius 2 is 1.45 bits per heavy atom. The van der Waals surface area contributed by atoms with Gasteiger partial charge in [0.05, 0.1) is 6.04 Å². The van der Waals surface area contributed by atoms with Crippen LogP contribution in [0.5, 0.6) is 0 Å². The lowest BCUT2D eigenvalue weighted by Crippen LogP contribution is -2.09. The van der Waals surface area contributed by atoms with Crippen molar-refractivity contribution in [1.82, 2.24) is 0 Å². The molecule has 2 aromatic carbocycles. The predicted octanol–water partition coefficient (Wildman–Crippen LogP) is 6.03. The zero-order valence-electron chi connectivity index (χ0n) is 12.4. The molecule has 1 nitrogen and oxygen atoms in total. The van der Waals surface area contributed by atoms with E-state index in [4.69, 9.17) is 11.6 Å². The number of halogens is 1. The molecule has 1 atom stereocenters. The molecule has 0 saturated carbocycles. The first-order chi connectivity index (χ1) is 9.60. The molecule has 0 aliphatic rings. The standard InChI is InChI=1S/C18H22ClN/c1-4-18(15-5-9-16(19)10-6-15)20-17-11-7-14(8-12-17)13(2)3/h5-13,18,20H,4H2,1-3H3. The lowest BCUT2D eigenvalue weighted by molar-refractivity contribution is 0.749. The molecule has 106 valence electrons. The molecule has 0 saturated heterocycles. The van der Waals surface area contributed by atoms with Crippen LogP contribution in [0.1, 0.15) is 50.3 Å². The van der Waals surface area contributed by atoms with E-state index in [1.807, 2.05) is 12.1 Å². The van der Waals surface area contributed by atoms with E-state index < -0.39 is 0 Å². The lowest BCUT2D eigenvalue weighted by atomic mass is 10.0. The molecular weight excluding hydrogens is 266 g/mol. The quantitative estimate of drug-likeness (QED) is 0.708. The fourth-order valence-corrected chi connectivity index (χ4v) is 2.41.